The van der Waals surface area contributed by atoms with Crippen molar-refractivity contribution >= 4 is 27.3 Å². The van der Waals surface area contributed by atoms with Gasteiger partial charge in [-0.25, -0.2) is 8.42 Å². The maximum atomic E-state index is 11.8. The molecule has 0 saturated heterocycles. The minimum atomic E-state index is -3.56. The molecule has 0 radical (unpaired) electrons. The summed E-state index contributed by atoms with van der Waals surface area (Å²) in [4.78, 5) is 0. The molecule has 2 N–H and O–H groups in total. The third-order valence-corrected chi connectivity index (χ3v) is 4.44. The van der Waals surface area contributed by atoms with Crippen LogP contribution in [0.15, 0.2) is 18.2 Å². The molecular formula is C10H14ClNO3S. The standard InChI is InChI=1S/C10H14ClNO3S/c1-10(2,3)16(14,15)12-8-6-4-5-7(11)9(8)13/h4-6,12-13H,1-3H3. The number of para-hydroxylation sites is 1. The lowest BCUT2D eigenvalue weighted by Crippen LogP contribution is -2.33. The Morgan fingerprint density at radius 1 is 1.31 bits per heavy atom. The van der Waals surface area contributed by atoms with Crippen molar-refractivity contribution in [2.75, 3.05) is 4.72 Å². The molecule has 90 valence electrons. The predicted molar refractivity (Wildman–Crippen MR) is 65.4 cm³/mol. The Balaban J connectivity index is 3.12. The number of halogens is 1. The van der Waals surface area contributed by atoms with Crippen LogP contribution in [0.1, 0.15) is 20.8 Å². The molecule has 1 rings (SSSR count). The summed E-state index contributed by atoms with van der Waals surface area (Å²) >= 11 is 5.67. The van der Waals surface area contributed by atoms with Crippen LogP contribution in [0.2, 0.25) is 5.02 Å². The number of anilines is 1. The smallest absolute Gasteiger partial charge is 0.237 e. The van der Waals surface area contributed by atoms with Crippen LogP contribution in [0.4, 0.5) is 5.69 Å². The van der Waals surface area contributed by atoms with Crippen LogP contribution >= 0.6 is 11.6 Å². The summed E-state index contributed by atoms with van der Waals surface area (Å²) < 4.78 is 25.0. The van der Waals surface area contributed by atoms with Gasteiger partial charge in [0.05, 0.1) is 15.5 Å². The van der Waals surface area contributed by atoms with Gasteiger partial charge in [0, 0.05) is 0 Å². The monoisotopic (exact) mass is 263 g/mol. The average molecular weight is 264 g/mol. The molecule has 0 atom stereocenters. The Labute approximate surface area is 100 Å². The fourth-order valence-electron chi connectivity index (χ4n) is 0.896. The third-order valence-electron chi connectivity index (χ3n) is 2.04. The Bertz CT molecular complexity index is 491. The zero-order valence-electron chi connectivity index (χ0n) is 9.28. The first kappa shape index (κ1) is 13.1. The number of sulfonamides is 1. The van der Waals surface area contributed by atoms with Crippen LogP contribution in [0.3, 0.4) is 0 Å². The van der Waals surface area contributed by atoms with Gasteiger partial charge in [-0.15, -0.1) is 0 Å². The number of nitrogens with one attached hydrogen (secondary N) is 1. The average Bonchev–Trinajstić information content (AvgIpc) is 2.11. The van der Waals surface area contributed by atoms with Gasteiger partial charge in [-0.05, 0) is 32.9 Å². The normalized spacial score (nSPS) is 12.5. The predicted octanol–water partition coefficient (Wildman–Crippen LogP) is 2.59. The van der Waals surface area contributed by atoms with Crippen molar-refractivity contribution < 1.29 is 13.5 Å². The lowest BCUT2D eigenvalue weighted by molar-refractivity contribution is 0.477. The Hall–Kier alpha value is -0.940. The first-order valence-electron chi connectivity index (χ1n) is 4.65. The number of aromatic hydroxyl groups is 1. The molecule has 1 aromatic rings. The van der Waals surface area contributed by atoms with Gasteiger partial charge >= 0.3 is 0 Å². The van der Waals surface area contributed by atoms with E-state index in [9.17, 15) is 13.5 Å². The number of phenolic OH excluding ortho intramolecular Hbond substituents is 1. The highest BCUT2D eigenvalue weighted by Gasteiger charge is 2.29. The van der Waals surface area contributed by atoms with Crippen molar-refractivity contribution in [2.24, 2.45) is 0 Å². The van der Waals surface area contributed by atoms with Crippen LogP contribution in [-0.2, 0) is 10.0 Å². The second-order valence-corrected chi connectivity index (χ2v) is 7.20. The van der Waals surface area contributed by atoms with Crippen LogP contribution in [-0.4, -0.2) is 18.3 Å². The van der Waals surface area contributed by atoms with Gasteiger partial charge in [-0.1, -0.05) is 17.7 Å². The summed E-state index contributed by atoms with van der Waals surface area (Å²) in [7, 11) is -3.56. The highest BCUT2D eigenvalue weighted by Crippen LogP contribution is 2.33. The molecule has 16 heavy (non-hydrogen) atoms. The molecule has 4 nitrogen and oxygen atoms in total. The molecule has 1 aromatic carbocycles. The molecule has 0 amide bonds. The van der Waals surface area contributed by atoms with E-state index in [1.54, 1.807) is 26.8 Å². The fourth-order valence-corrected chi connectivity index (χ4v) is 1.83. The van der Waals surface area contributed by atoms with Crippen LogP contribution in [0.25, 0.3) is 0 Å². The van der Waals surface area contributed by atoms with Crippen molar-refractivity contribution in [3.05, 3.63) is 23.2 Å². The van der Waals surface area contributed by atoms with E-state index in [4.69, 9.17) is 11.6 Å². The van der Waals surface area contributed by atoms with Gasteiger partial charge in [0.1, 0.15) is 0 Å². The molecule has 0 saturated carbocycles. The maximum Gasteiger partial charge on any atom is 0.237 e. The van der Waals surface area contributed by atoms with E-state index in [0.29, 0.717) is 0 Å². The first-order valence-corrected chi connectivity index (χ1v) is 6.51. The van der Waals surface area contributed by atoms with E-state index < -0.39 is 14.8 Å². The van der Waals surface area contributed by atoms with Crippen molar-refractivity contribution in [1.82, 2.24) is 0 Å². The molecular weight excluding hydrogens is 250 g/mol. The molecule has 0 spiro atoms. The summed E-state index contributed by atoms with van der Waals surface area (Å²) in [6, 6.07) is 4.48. The summed E-state index contributed by atoms with van der Waals surface area (Å²) in [5.41, 5.74) is 0.0856. The topological polar surface area (TPSA) is 66.4 Å². The van der Waals surface area contributed by atoms with Crippen molar-refractivity contribution in [2.45, 2.75) is 25.5 Å². The summed E-state index contributed by atoms with van der Waals surface area (Å²) in [5, 5.41) is 9.67. The lowest BCUT2D eigenvalue weighted by Gasteiger charge is -2.20. The molecule has 0 bridgehead atoms. The fraction of sp³-hybridized carbons (Fsp3) is 0.400. The van der Waals surface area contributed by atoms with Crippen molar-refractivity contribution in [3.63, 3.8) is 0 Å². The highest BCUT2D eigenvalue weighted by atomic mass is 35.5. The number of phenols is 1. The van der Waals surface area contributed by atoms with E-state index in [0.717, 1.165) is 0 Å². The lowest BCUT2D eigenvalue weighted by atomic mass is 10.3. The maximum absolute atomic E-state index is 11.8. The number of rotatable bonds is 2. The Morgan fingerprint density at radius 3 is 2.38 bits per heavy atom. The number of hydrogen-bond acceptors (Lipinski definition) is 3. The second-order valence-electron chi connectivity index (χ2n) is 4.35. The Morgan fingerprint density at radius 2 is 1.88 bits per heavy atom. The van der Waals surface area contributed by atoms with Gasteiger partial charge in [-0.2, -0.15) is 0 Å². The largest absolute Gasteiger partial charge is 0.504 e. The van der Waals surface area contributed by atoms with Gasteiger partial charge in [0.2, 0.25) is 10.0 Å². The number of benzene rings is 1. The molecule has 0 fully saturated rings. The van der Waals surface area contributed by atoms with E-state index in [-0.39, 0.29) is 16.5 Å². The van der Waals surface area contributed by atoms with E-state index in [1.807, 2.05) is 0 Å². The van der Waals surface area contributed by atoms with Crippen molar-refractivity contribution in [1.29, 1.82) is 0 Å². The third kappa shape index (κ3) is 2.59. The minimum absolute atomic E-state index is 0.0856. The quantitative estimate of drug-likeness (QED) is 0.806. The van der Waals surface area contributed by atoms with Crippen LogP contribution in [0, 0.1) is 0 Å². The van der Waals surface area contributed by atoms with E-state index in [1.165, 1.54) is 12.1 Å². The summed E-state index contributed by atoms with van der Waals surface area (Å²) in [6.07, 6.45) is 0. The molecule has 6 heteroatoms. The number of hydrogen-bond donors (Lipinski definition) is 2. The minimum Gasteiger partial charge on any atom is -0.504 e. The molecule has 0 aromatic heterocycles. The highest BCUT2D eigenvalue weighted by molar-refractivity contribution is 7.94. The van der Waals surface area contributed by atoms with Gasteiger partial charge < -0.3 is 5.11 Å². The molecule has 0 aliphatic rings. The molecule has 0 heterocycles. The SMILES string of the molecule is CC(C)(C)S(=O)(=O)Nc1cccc(Cl)c1O. The van der Waals surface area contributed by atoms with Gasteiger partial charge in [-0.3, -0.25) is 4.72 Å². The summed E-state index contributed by atoms with van der Waals surface area (Å²) in [5.74, 6) is -0.267. The van der Waals surface area contributed by atoms with Gasteiger partial charge in [0.15, 0.2) is 5.75 Å². The molecule has 0 unspecified atom stereocenters. The van der Waals surface area contributed by atoms with E-state index in [2.05, 4.69) is 4.72 Å². The van der Waals surface area contributed by atoms with E-state index >= 15 is 0 Å². The molecule has 0 aliphatic heterocycles. The Kier molecular flexibility index (Phi) is 3.40. The summed E-state index contributed by atoms with van der Waals surface area (Å²) in [6.45, 7) is 4.70. The second kappa shape index (κ2) is 4.14. The van der Waals surface area contributed by atoms with Crippen molar-refractivity contribution in [3.8, 4) is 5.75 Å². The first-order chi connectivity index (χ1) is 7.15. The molecule has 0 aliphatic carbocycles. The van der Waals surface area contributed by atoms with Crippen LogP contribution in [0.5, 0.6) is 5.75 Å². The van der Waals surface area contributed by atoms with Crippen LogP contribution < -0.4 is 4.72 Å². The zero-order chi connectivity index (χ0) is 12.6. The van der Waals surface area contributed by atoms with Gasteiger partial charge in [0.25, 0.3) is 0 Å². The zero-order valence-corrected chi connectivity index (χ0v) is 10.9.